The molecule has 0 aromatic carbocycles. The van der Waals surface area contributed by atoms with Gasteiger partial charge in [-0.2, -0.15) is 0 Å². The van der Waals surface area contributed by atoms with E-state index >= 15 is 0 Å². The third-order valence-corrected chi connectivity index (χ3v) is 6.97. The summed E-state index contributed by atoms with van der Waals surface area (Å²) in [6.45, 7) is 3.28. The molecule has 0 aliphatic heterocycles. The van der Waals surface area contributed by atoms with E-state index in [0.29, 0.717) is 11.9 Å². The van der Waals surface area contributed by atoms with Crippen molar-refractivity contribution >= 4 is 66.6 Å². The van der Waals surface area contributed by atoms with E-state index in [1.165, 1.54) is 13.1 Å². The molecule has 0 spiro atoms. The van der Waals surface area contributed by atoms with Crippen LogP contribution >= 0.6 is 46.8 Å². The Morgan fingerprint density at radius 1 is 1.22 bits per heavy atom. The van der Waals surface area contributed by atoms with E-state index in [9.17, 15) is 16.8 Å². The third-order valence-electron chi connectivity index (χ3n) is 1.65. The van der Waals surface area contributed by atoms with Crippen molar-refractivity contribution in [1.29, 1.82) is 0 Å². The van der Waals surface area contributed by atoms with Gasteiger partial charge in [0.1, 0.15) is 0 Å². The molecule has 0 aromatic rings. The molecule has 0 aliphatic carbocycles. The zero-order valence-corrected chi connectivity index (χ0v) is 14.1. The minimum absolute atomic E-state index is 0.274. The maximum absolute atomic E-state index is 11.7. The lowest BCUT2D eigenvalue weighted by Crippen LogP contribution is -2.29. The first-order chi connectivity index (χ1) is 7.90. The number of hydrogen-bond acceptors (Lipinski definition) is 5. The van der Waals surface area contributed by atoms with Crippen molar-refractivity contribution in [1.82, 2.24) is 3.71 Å². The van der Waals surface area contributed by atoms with E-state index < -0.39 is 34.5 Å². The Labute approximate surface area is 127 Å². The summed E-state index contributed by atoms with van der Waals surface area (Å²) < 4.78 is 45.0. The summed E-state index contributed by atoms with van der Waals surface area (Å²) in [5, 5.41) is 0. The van der Waals surface area contributed by atoms with Gasteiger partial charge in [0.25, 0.3) is 3.12 Å². The summed E-state index contributed by atoms with van der Waals surface area (Å²) in [6.07, 6.45) is 1.20. The van der Waals surface area contributed by atoms with Crippen molar-refractivity contribution in [3.05, 3.63) is 12.7 Å². The van der Waals surface area contributed by atoms with Gasteiger partial charge in [-0.15, -0.1) is 10.3 Å². The zero-order valence-electron chi connectivity index (χ0n) is 9.34. The molecule has 0 heterocycles. The van der Waals surface area contributed by atoms with Crippen LogP contribution in [0.1, 0.15) is 0 Å². The maximum Gasteiger partial charge on any atom is 0.252 e. The second kappa shape index (κ2) is 7.01. The molecule has 18 heavy (non-hydrogen) atoms. The van der Waals surface area contributed by atoms with Crippen LogP contribution in [0.15, 0.2) is 12.7 Å². The Morgan fingerprint density at radius 2 is 1.72 bits per heavy atom. The molecule has 0 saturated carbocycles. The van der Waals surface area contributed by atoms with Gasteiger partial charge in [-0.3, -0.25) is 0 Å². The van der Waals surface area contributed by atoms with Gasteiger partial charge in [0, 0.05) is 7.05 Å². The highest BCUT2D eigenvalue weighted by atomic mass is 35.6. The largest absolute Gasteiger partial charge is 0.252 e. The number of rotatable bonds is 7. The fraction of sp³-hybridized carbons (Fsp3) is 0.714. The van der Waals surface area contributed by atoms with Crippen molar-refractivity contribution in [3.8, 4) is 0 Å². The molecule has 0 rings (SSSR count). The SMILES string of the molecule is C=CCS(=O)(=O)CCS(=O)(=O)N(C)SC(Cl)(Cl)Cl. The summed E-state index contributed by atoms with van der Waals surface area (Å²) in [5.41, 5.74) is 0. The quantitative estimate of drug-likeness (QED) is 0.385. The van der Waals surface area contributed by atoms with Gasteiger partial charge in [0.2, 0.25) is 10.0 Å². The van der Waals surface area contributed by atoms with Crippen LogP contribution in [0, 0.1) is 0 Å². The lowest BCUT2D eigenvalue weighted by Gasteiger charge is -2.19. The molecule has 0 unspecified atom stereocenters. The predicted molar refractivity (Wildman–Crippen MR) is 78.3 cm³/mol. The topological polar surface area (TPSA) is 71.5 Å². The maximum atomic E-state index is 11.7. The molecule has 11 heteroatoms. The van der Waals surface area contributed by atoms with Crippen LogP contribution in [0.25, 0.3) is 0 Å². The Kier molecular flexibility index (Phi) is 7.33. The molecular formula is C7H12Cl3NO4S3. The number of sulfone groups is 1. The number of alkyl halides is 3. The standard InChI is InChI=1S/C7H12Cl3NO4S3/c1-3-4-17(12,13)5-6-18(14,15)11(2)16-7(8,9)10/h3H,1,4-6H2,2H3. The second-order valence-corrected chi connectivity index (χ2v) is 12.0. The number of nitrogens with zero attached hydrogens (tertiary/aromatic N) is 1. The van der Waals surface area contributed by atoms with Crippen LogP contribution in [0.5, 0.6) is 0 Å². The van der Waals surface area contributed by atoms with Crippen molar-refractivity contribution in [2.75, 3.05) is 24.3 Å². The van der Waals surface area contributed by atoms with E-state index in [4.69, 9.17) is 34.8 Å². The molecule has 0 atom stereocenters. The van der Waals surface area contributed by atoms with E-state index in [2.05, 4.69) is 6.58 Å². The van der Waals surface area contributed by atoms with Crippen LogP contribution < -0.4 is 0 Å². The molecule has 0 fully saturated rings. The first-order valence-corrected chi connectivity index (χ1v) is 9.77. The van der Waals surface area contributed by atoms with Gasteiger partial charge >= 0.3 is 0 Å². The van der Waals surface area contributed by atoms with Crippen molar-refractivity contribution in [3.63, 3.8) is 0 Å². The normalized spacial score (nSPS) is 13.8. The number of hydrogen-bond donors (Lipinski definition) is 0. The van der Waals surface area contributed by atoms with E-state index in [-0.39, 0.29) is 5.75 Å². The van der Waals surface area contributed by atoms with Crippen molar-refractivity contribution in [2.45, 2.75) is 3.12 Å². The fourth-order valence-corrected chi connectivity index (χ4v) is 6.07. The van der Waals surface area contributed by atoms with E-state index in [0.717, 1.165) is 3.71 Å². The smallest absolute Gasteiger partial charge is 0.228 e. The van der Waals surface area contributed by atoms with E-state index in [1.807, 2.05) is 0 Å². The molecule has 5 nitrogen and oxygen atoms in total. The third kappa shape index (κ3) is 8.08. The van der Waals surface area contributed by atoms with Crippen LogP contribution in [-0.2, 0) is 19.9 Å². The lowest BCUT2D eigenvalue weighted by atomic mass is 10.8. The highest BCUT2D eigenvalue weighted by Gasteiger charge is 2.30. The number of sulfonamides is 1. The molecule has 0 saturated heterocycles. The summed E-state index contributed by atoms with van der Waals surface area (Å²) >= 11 is 16.7. The van der Waals surface area contributed by atoms with Gasteiger partial charge in [0.05, 0.1) is 17.3 Å². The average Bonchev–Trinajstić information content (AvgIpc) is 2.12. The highest BCUT2D eigenvalue weighted by molar-refractivity contribution is 8.11. The molecule has 0 aromatic heterocycles. The van der Waals surface area contributed by atoms with Gasteiger partial charge in [0.15, 0.2) is 9.84 Å². The highest BCUT2D eigenvalue weighted by Crippen LogP contribution is 2.41. The first kappa shape index (κ1) is 18.8. The first-order valence-electron chi connectivity index (χ1n) is 4.43. The molecule has 0 aliphatic rings. The molecule has 0 N–H and O–H groups in total. The van der Waals surface area contributed by atoms with Crippen LogP contribution in [0.2, 0.25) is 0 Å². The Bertz CT molecular complexity index is 483. The fourth-order valence-electron chi connectivity index (χ4n) is 0.826. The summed E-state index contributed by atoms with van der Waals surface area (Å²) in [4.78, 5) is 0. The molecule has 108 valence electrons. The van der Waals surface area contributed by atoms with Crippen LogP contribution in [-0.4, -0.2) is 48.0 Å². The van der Waals surface area contributed by atoms with Crippen LogP contribution in [0.4, 0.5) is 0 Å². The molecule has 0 radical (unpaired) electrons. The second-order valence-electron chi connectivity index (χ2n) is 3.17. The van der Waals surface area contributed by atoms with Crippen molar-refractivity contribution < 1.29 is 16.8 Å². The molecular weight excluding hydrogens is 365 g/mol. The summed E-state index contributed by atoms with van der Waals surface area (Å²) in [6, 6.07) is 0. The van der Waals surface area contributed by atoms with Gasteiger partial charge in [-0.25, -0.2) is 16.8 Å². The number of halogens is 3. The van der Waals surface area contributed by atoms with Gasteiger partial charge in [-0.1, -0.05) is 40.9 Å². The Morgan fingerprint density at radius 3 is 2.11 bits per heavy atom. The predicted octanol–water partition coefficient (Wildman–Crippen LogP) is 1.82. The van der Waals surface area contributed by atoms with Crippen LogP contribution in [0.3, 0.4) is 0 Å². The Balaban J connectivity index is 4.64. The molecule has 0 bridgehead atoms. The monoisotopic (exact) mass is 375 g/mol. The minimum atomic E-state index is -3.82. The zero-order chi connectivity index (χ0) is 14.6. The summed E-state index contributed by atoms with van der Waals surface area (Å²) in [7, 11) is -6.11. The van der Waals surface area contributed by atoms with Crippen molar-refractivity contribution in [2.24, 2.45) is 0 Å². The minimum Gasteiger partial charge on any atom is -0.228 e. The van der Waals surface area contributed by atoms with E-state index in [1.54, 1.807) is 0 Å². The summed E-state index contributed by atoms with van der Waals surface area (Å²) in [5.74, 6) is -1.36. The molecule has 0 amide bonds. The van der Waals surface area contributed by atoms with Gasteiger partial charge in [-0.05, 0) is 11.9 Å². The van der Waals surface area contributed by atoms with Gasteiger partial charge < -0.3 is 0 Å². The Hall–Kier alpha value is 0.820. The average molecular weight is 377 g/mol. The lowest BCUT2D eigenvalue weighted by molar-refractivity contribution is 0.563.